The molecule has 0 aliphatic heterocycles. The molecule has 186 valence electrons. The molecule has 4 rings (SSSR count). The highest BCUT2D eigenvalue weighted by Gasteiger charge is 2.12. The van der Waals surface area contributed by atoms with Gasteiger partial charge >= 0.3 is 5.97 Å². The molecule has 1 heterocycles. The van der Waals surface area contributed by atoms with E-state index in [1.54, 1.807) is 12.1 Å². The topological polar surface area (TPSA) is 103 Å². The van der Waals surface area contributed by atoms with Crippen molar-refractivity contribution in [2.24, 2.45) is 0 Å². The zero-order chi connectivity index (χ0) is 25.3. The Hall–Kier alpha value is -4.33. The van der Waals surface area contributed by atoms with E-state index < -0.39 is 12.6 Å². The summed E-state index contributed by atoms with van der Waals surface area (Å²) < 4.78 is 16.9. The van der Waals surface area contributed by atoms with Crippen LogP contribution < -0.4 is 19.5 Å². The van der Waals surface area contributed by atoms with Crippen molar-refractivity contribution in [3.05, 3.63) is 72.6 Å². The number of aliphatic carboxylic acids is 1. The smallest absolute Gasteiger partial charge is 0.341 e. The maximum Gasteiger partial charge on any atom is 0.341 e. The van der Waals surface area contributed by atoms with Crippen LogP contribution in [-0.2, 0) is 11.2 Å². The Morgan fingerprint density at radius 3 is 2.36 bits per heavy atom. The number of aromatic nitrogens is 2. The van der Waals surface area contributed by atoms with E-state index in [1.165, 1.54) is 11.7 Å². The van der Waals surface area contributed by atoms with Crippen LogP contribution in [0.4, 0.5) is 5.82 Å². The number of carbonyl (C=O) groups is 1. The van der Waals surface area contributed by atoms with E-state index in [2.05, 4.69) is 39.6 Å². The van der Waals surface area contributed by atoms with E-state index in [0.717, 1.165) is 28.7 Å². The summed E-state index contributed by atoms with van der Waals surface area (Å²) in [5.41, 5.74) is 2.65. The van der Waals surface area contributed by atoms with Crippen LogP contribution in [0.3, 0.4) is 0 Å². The first kappa shape index (κ1) is 24.8. The summed E-state index contributed by atoms with van der Waals surface area (Å²) in [5.74, 6) is 1.38. The molecule has 0 spiro atoms. The lowest BCUT2D eigenvalue weighted by Gasteiger charge is -2.14. The van der Waals surface area contributed by atoms with Gasteiger partial charge in [0.25, 0.3) is 0 Å². The van der Waals surface area contributed by atoms with Crippen LogP contribution in [0.5, 0.6) is 17.2 Å². The highest BCUT2D eigenvalue weighted by molar-refractivity contribution is 5.85. The second-order valence-corrected chi connectivity index (χ2v) is 7.98. The molecule has 8 heteroatoms. The summed E-state index contributed by atoms with van der Waals surface area (Å²) in [6, 6.07) is 19.7. The molecule has 0 saturated heterocycles. The van der Waals surface area contributed by atoms with Gasteiger partial charge in [-0.05, 0) is 66.9 Å². The highest BCUT2D eigenvalue weighted by atomic mass is 16.5. The number of carboxylic acid groups (broad SMARTS) is 1. The van der Waals surface area contributed by atoms with Crippen LogP contribution in [0.2, 0.25) is 0 Å². The van der Waals surface area contributed by atoms with E-state index in [1.807, 2.05) is 38.1 Å². The zero-order valence-corrected chi connectivity index (χ0v) is 20.4. The third kappa shape index (κ3) is 6.21. The van der Waals surface area contributed by atoms with Gasteiger partial charge in [0.1, 0.15) is 17.9 Å². The molecule has 3 aromatic carbocycles. The fraction of sp³-hybridized carbons (Fsp3) is 0.250. The van der Waals surface area contributed by atoms with Gasteiger partial charge in [0.05, 0.1) is 18.9 Å². The van der Waals surface area contributed by atoms with Crippen LogP contribution in [0.1, 0.15) is 19.4 Å². The number of carboxylic acids is 1. The minimum atomic E-state index is -1.05. The van der Waals surface area contributed by atoms with Gasteiger partial charge in [-0.1, -0.05) is 24.3 Å². The molecule has 2 N–H and O–H groups in total. The van der Waals surface area contributed by atoms with Crippen LogP contribution in [0.15, 0.2) is 67.0 Å². The molecule has 0 fully saturated rings. The SMILES string of the molecule is CCOc1cc2ccccc2cc1CCNc1cc(-c2ccc(OCC(=O)O)c(OCC)c2)ncn1. The van der Waals surface area contributed by atoms with Gasteiger partial charge in [-0.2, -0.15) is 0 Å². The predicted octanol–water partition coefficient (Wildman–Crippen LogP) is 5.21. The Morgan fingerprint density at radius 1 is 0.861 bits per heavy atom. The lowest BCUT2D eigenvalue weighted by Crippen LogP contribution is -2.10. The molecular formula is C28H29N3O5. The van der Waals surface area contributed by atoms with E-state index in [9.17, 15) is 4.79 Å². The second-order valence-electron chi connectivity index (χ2n) is 7.98. The monoisotopic (exact) mass is 487 g/mol. The summed E-state index contributed by atoms with van der Waals surface area (Å²) in [6.45, 7) is 5.10. The van der Waals surface area contributed by atoms with Crippen molar-refractivity contribution in [1.82, 2.24) is 9.97 Å². The van der Waals surface area contributed by atoms with Crippen molar-refractivity contribution < 1.29 is 24.1 Å². The molecule has 0 saturated carbocycles. The van der Waals surface area contributed by atoms with Crippen LogP contribution >= 0.6 is 0 Å². The quantitative estimate of drug-likeness (QED) is 0.281. The van der Waals surface area contributed by atoms with Gasteiger partial charge in [0.2, 0.25) is 0 Å². The molecule has 36 heavy (non-hydrogen) atoms. The fourth-order valence-corrected chi connectivity index (χ4v) is 3.88. The van der Waals surface area contributed by atoms with Gasteiger partial charge in [0.15, 0.2) is 18.1 Å². The summed E-state index contributed by atoms with van der Waals surface area (Å²) in [6.07, 6.45) is 2.28. The number of hydrogen-bond acceptors (Lipinski definition) is 7. The third-order valence-corrected chi connectivity index (χ3v) is 5.49. The Bertz CT molecular complexity index is 1340. The number of nitrogens with zero attached hydrogens (tertiary/aromatic N) is 2. The normalized spacial score (nSPS) is 10.7. The van der Waals surface area contributed by atoms with Crippen LogP contribution in [-0.4, -0.2) is 47.4 Å². The largest absolute Gasteiger partial charge is 0.494 e. The molecule has 0 aliphatic rings. The molecule has 0 bridgehead atoms. The number of hydrogen-bond donors (Lipinski definition) is 2. The zero-order valence-electron chi connectivity index (χ0n) is 20.4. The summed E-state index contributed by atoms with van der Waals surface area (Å²) in [5, 5.41) is 14.6. The van der Waals surface area contributed by atoms with Crippen molar-refractivity contribution in [2.45, 2.75) is 20.3 Å². The molecule has 4 aromatic rings. The third-order valence-electron chi connectivity index (χ3n) is 5.49. The molecule has 0 radical (unpaired) electrons. The first-order valence-electron chi connectivity index (χ1n) is 11.9. The second kappa shape index (κ2) is 11.9. The Balaban J connectivity index is 1.48. The van der Waals surface area contributed by atoms with Crippen molar-refractivity contribution in [2.75, 3.05) is 31.7 Å². The van der Waals surface area contributed by atoms with Crippen molar-refractivity contribution in [3.8, 4) is 28.5 Å². The van der Waals surface area contributed by atoms with Crippen LogP contribution in [0.25, 0.3) is 22.0 Å². The van der Waals surface area contributed by atoms with Gasteiger partial charge in [-0.25, -0.2) is 14.8 Å². The molecule has 0 unspecified atom stereocenters. The number of nitrogens with one attached hydrogen (secondary N) is 1. The first-order valence-corrected chi connectivity index (χ1v) is 11.9. The molecule has 0 amide bonds. The average molecular weight is 488 g/mol. The number of rotatable bonds is 12. The minimum absolute atomic E-state index is 0.371. The van der Waals surface area contributed by atoms with E-state index >= 15 is 0 Å². The van der Waals surface area contributed by atoms with Crippen LogP contribution in [0, 0.1) is 0 Å². The Labute approximate surface area is 209 Å². The summed E-state index contributed by atoms with van der Waals surface area (Å²) in [4.78, 5) is 19.6. The molecular weight excluding hydrogens is 458 g/mol. The summed E-state index contributed by atoms with van der Waals surface area (Å²) in [7, 11) is 0. The average Bonchev–Trinajstić information content (AvgIpc) is 2.88. The lowest BCUT2D eigenvalue weighted by molar-refractivity contribution is -0.139. The van der Waals surface area contributed by atoms with Gasteiger partial charge < -0.3 is 24.6 Å². The number of ether oxygens (including phenoxy) is 3. The molecule has 0 aliphatic carbocycles. The van der Waals surface area contributed by atoms with Crippen molar-refractivity contribution >= 4 is 22.6 Å². The minimum Gasteiger partial charge on any atom is -0.494 e. The molecule has 0 atom stereocenters. The maximum absolute atomic E-state index is 10.9. The number of benzene rings is 3. The highest BCUT2D eigenvalue weighted by Crippen LogP contribution is 2.33. The number of anilines is 1. The Kier molecular flexibility index (Phi) is 8.18. The predicted molar refractivity (Wildman–Crippen MR) is 139 cm³/mol. The molecule has 1 aromatic heterocycles. The first-order chi connectivity index (χ1) is 17.6. The van der Waals surface area contributed by atoms with Crippen molar-refractivity contribution in [1.29, 1.82) is 0 Å². The lowest BCUT2D eigenvalue weighted by atomic mass is 10.0. The fourth-order valence-electron chi connectivity index (χ4n) is 3.88. The van der Waals surface area contributed by atoms with Gasteiger partial charge in [-0.15, -0.1) is 0 Å². The maximum atomic E-state index is 10.9. The summed E-state index contributed by atoms with van der Waals surface area (Å²) >= 11 is 0. The standard InChI is InChI=1S/C28H29N3O5/c1-3-34-25-14-20-8-6-5-7-19(20)13-22(25)11-12-29-27-16-23(30-18-31-27)21-9-10-24(36-17-28(32)33)26(15-21)35-4-2/h5-10,13-16,18H,3-4,11-12,17H2,1-2H3,(H,32,33)(H,29,30,31). The van der Waals surface area contributed by atoms with E-state index in [0.29, 0.717) is 42.8 Å². The van der Waals surface area contributed by atoms with E-state index in [4.69, 9.17) is 19.3 Å². The van der Waals surface area contributed by atoms with Gasteiger partial charge in [0, 0.05) is 18.2 Å². The van der Waals surface area contributed by atoms with Gasteiger partial charge in [-0.3, -0.25) is 0 Å². The van der Waals surface area contributed by atoms with Crippen molar-refractivity contribution in [3.63, 3.8) is 0 Å². The van der Waals surface area contributed by atoms with E-state index in [-0.39, 0.29) is 0 Å². The Morgan fingerprint density at radius 2 is 1.61 bits per heavy atom. The number of fused-ring (bicyclic) bond motifs is 1. The molecule has 8 nitrogen and oxygen atoms in total.